The summed E-state index contributed by atoms with van der Waals surface area (Å²) in [6.07, 6.45) is 2.90. The van der Waals surface area contributed by atoms with E-state index >= 15 is 0 Å². The van der Waals surface area contributed by atoms with E-state index in [0.717, 1.165) is 26.1 Å². The quantitative estimate of drug-likeness (QED) is 0.807. The number of nitrogens with one attached hydrogen (secondary N) is 1. The van der Waals surface area contributed by atoms with Crippen molar-refractivity contribution in [2.45, 2.75) is 12.5 Å². The van der Waals surface area contributed by atoms with E-state index in [0.29, 0.717) is 6.04 Å². The summed E-state index contributed by atoms with van der Waals surface area (Å²) in [6, 6.07) is 13.5. The highest BCUT2D eigenvalue weighted by Gasteiger charge is 2.30. The summed E-state index contributed by atoms with van der Waals surface area (Å²) < 4.78 is 0. The lowest BCUT2D eigenvalue weighted by Gasteiger charge is -2.37. The summed E-state index contributed by atoms with van der Waals surface area (Å²) in [5.74, 6) is 1.17. The van der Waals surface area contributed by atoms with Gasteiger partial charge in [0.25, 0.3) is 0 Å². The Morgan fingerprint density at radius 2 is 1.86 bits per heavy atom. The topological polar surface area (TPSA) is 28.2 Å². The Kier molecular flexibility index (Phi) is 5.09. The minimum Gasteiger partial charge on any atom is -0.347 e. The maximum Gasteiger partial charge on any atom is 0.132 e. The van der Waals surface area contributed by atoms with Gasteiger partial charge >= 0.3 is 0 Å². The molecule has 0 spiro atoms. The van der Waals surface area contributed by atoms with Gasteiger partial charge in [-0.15, -0.1) is 24.8 Å². The van der Waals surface area contributed by atoms with Gasteiger partial charge in [0.05, 0.1) is 6.04 Å². The Morgan fingerprint density at radius 1 is 1.05 bits per heavy atom. The fourth-order valence-corrected chi connectivity index (χ4v) is 3.29. The fourth-order valence-electron chi connectivity index (χ4n) is 3.29. The van der Waals surface area contributed by atoms with Crippen LogP contribution in [0, 0.1) is 0 Å². The number of hydrogen-bond donors (Lipinski definition) is 1. The van der Waals surface area contributed by atoms with Gasteiger partial charge in [-0.25, -0.2) is 4.98 Å². The normalized spacial score (nSPS) is 19.0. The summed E-state index contributed by atoms with van der Waals surface area (Å²) in [4.78, 5) is 7.11. The number of aromatic nitrogens is 1. The Labute approximate surface area is 137 Å². The smallest absolute Gasteiger partial charge is 0.132 e. The van der Waals surface area contributed by atoms with Crippen LogP contribution in [0.5, 0.6) is 0 Å². The Balaban J connectivity index is 0.000000807. The van der Waals surface area contributed by atoms with Crippen LogP contribution in [0.4, 0.5) is 5.82 Å². The van der Waals surface area contributed by atoms with Crippen molar-refractivity contribution >= 4 is 30.6 Å². The molecule has 112 valence electrons. The standard InChI is InChI=1S/C16H17N3.2ClH/c1-2-6-14-12(4-1)10-13-5-3-7-18-16(13)19-9-8-17-11-15(14)19;;/h1-7,15,17H,8-11H2;2*1H. The minimum atomic E-state index is 0. The first-order valence-corrected chi connectivity index (χ1v) is 6.92. The zero-order chi connectivity index (χ0) is 12.7. The molecular formula is C16H19Cl2N3. The number of hydrogen-bond acceptors (Lipinski definition) is 3. The van der Waals surface area contributed by atoms with Crippen LogP contribution >= 0.6 is 24.8 Å². The van der Waals surface area contributed by atoms with Gasteiger partial charge in [0.15, 0.2) is 0 Å². The van der Waals surface area contributed by atoms with Crippen LogP contribution in [0.15, 0.2) is 42.6 Å². The van der Waals surface area contributed by atoms with Crippen molar-refractivity contribution in [1.29, 1.82) is 0 Å². The molecule has 0 bridgehead atoms. The predicted molar refractivity (Wildman–Crippen MR) is 90.9 cm³/mol. The van der Waals surface area contributed by atoms with Gasteiger partial charge in [-0.1, -0.05) is 30.3 Å². The van der Waals surface area contributed by atoms with E-state index in [9.17, 15) is 0 Å². The lowest BCUT2D eigenvalue weighted by Crippen LogP contribution is -2.46. The monoisotopic (exact) mass is 323 g/mol. The average molecular weight is 324 g/mol. The highest BCUT2D eigenvalue weighted by molar-refractivity contribution is 5.85. The summed E-state index contributed by atoms with van der Waals surface area (Å²) >= 11 is 0. The number of nitrogens with zero attached hydrogens (tertiary/aromatic N) is 2. The van der Waals surface area contributed by atoms with E-state index in [4.69, 9.17) is 0 Å². The molecule has 1 saturated heterocycles. The maximum atomic E-state index is 4.64. The number of pyridine rings is 1. The van der Waals surface area contributed by atoms with Crippen LogP contribution in [0.25, 0.3) is 0 Å². The number of piperazine rings is 1. The number of rotatable bonds is 0. The molecule has 1 aromatic carbocycles. The molecule has 0 saturated carbocycles. The van der Waals surface area contributed by atoms with Crippen molar-refractivity contribution in [2.75, 3.05) is 24.5 Å². The molecule has 0 radical (unpaired) electrons. The second kappa shape index (κ2) is 6.65. The molecule has 1 aromatic heterocycles. The van der Waals surface area contributed by atoms with Crippen molar-refractivity contribution in [3.05, 3.63) is 59.3 Å². The van der Waals surface area contributed by atoms with E-state index in [1.54, 1.807) is 0 Å². The molecule has 1 N–H and O–H groups in total. The zero-order valence-electron chi connectivity index (χ0n) is 11.7. The van der Waals surface area contributed by atoms with Gasteiger partial charge in [0.1, 0.15) is 5.82 Å². The molecule has 4 rings (SSSR count). The van der Waals surface area contributed by atoms with Crippen LogP contribution in [0.2, 0.25) is 0 Å². The number of fused-ring (bicyclic) bond motifs is 5. The third-order valence-corrected chi connectivity index (χ3v) is 4.18. The summed E-state index contributed by atoms with van der Waals surface area (Å²) in [6.45, 7) is 3.07. The SMILES string of the molecule is Cl.Cl.c1ccc2c(c1)Cc1cccnc1N1CCNCC21. The Hall–Kier alpha value is -1.29. The molecule has 2 aromatic rings. The Morgan fingerprint density at radius 3 is 2.76 bits per heavy atom. The fraction of sp³-hybridized carbons (Fsp3) is 0.312. The van der Waals surface area contributed by atoms with Crippen molar-refractivity contribution in [3.8, 4) is 0 Å². The molecule has 0 aliphatic carbocycles. The van der Waals surface area contributed by atoms with E-state index < -0.39 is 0 Å². The van der Waals surface area contributed by atoms with Crippen LogP contribution < -0.4 is 10.2 Å². The molecule has 3 nitrogen and oxygen atoms in total. The van der Waals surface area contributed by atoms with Crippen LogP contribution in [-0.4, -0.2) is 24.6 Å². The van der Waals surface area contributed by atoms with Crippen molar-refractivity contribution in [2.24, 2.45) is 0 Å². The molecular weight excluding hydrogens is 305 g/mol. The average Bonchev–Trinajstić information content (AvgIpc) is 2.62. The first-order chi connectivity index (χ1) is 9.43. The minimum absolute atomic E-state index is 0. The van der Waals surface area contributed by atoms with Crippen LogP contribution in [-0.2, 0) is 6.42 Å². The number of halogens is 2. The van der Waals surface area contributed by atoms with E-state index in [-0.39, 0.29) is 24.8 Å². The highest BCUT2D eigenvalue weighted by atomic mass is 35.5. The molecule has 1 atom stereocenters. The van der Waals surface area contributed by atoms with Crippen LogP contribution in [0.3, 0.4) is 0 Å². The number of benzene rings is 1. The van der Waals surface area contributed by atoms with Gasteiger partial charge in [-0.3, -0.25) is 0 Å². The van der Waals surface area contributed by atoms with Gasteiger partial charge in [0, 0.05) is 32.3 Å². The zero-order valence-corrected chi connectivity index (χ0v) is 13.3. The third kappa shape index (κ3) is 2.73. The molecule has 2 aliphatic heterocycles. The van der Waals surface area contributed by atoms with Gasteiger partial charge in [-0.05, 0) is 22.8 Å². The van der Waals surface area contributed by atoms with Crippen molar-refractivity contribution < 1.29 is 0 Å². The molecule has 21 heavy (non-hydrogen) atoms. The third-order valence-electron chi connectivity index (χ3n) is 4.18. The van der Waals surface area contributed by atoms with E-state index in [1.165, 1.54) is 22.5 Å². The summed E-state index contributed by atoms with van der Waals surface area (Å²) in [7, 11) is 0. The molecule has 0 amide bonds. The lowest BCUT2D eigenvalue weighted by molar-refractivity contribution is 0.487. The van der Waals surface area contributed by atoms with Gasteiger partial charge in [-0.2, -0.15) is 0 Å². The van der Waals surface area contributed by atoms with Crippen molar-refractivity contribution in [3.63, 3.8) is 0 Å². The van der Waals surface area contributed by atoms with Crippen LogP contribution in [0.1, 0.15) is 22.7 Å². The second-order valence-corrected chi connectivity index (χ2v) is 5.28. The molecule has 2 aliphatic rings. The number of anilines is 1. The lowest BCUT2D eigenvalue weighted by atomic mass is 9.96. The molecule has 5 heteroatoms. The maximum absolute atomic E-state index is 4.64. The van der Waals surface area contributed by atoms with E-state index in [2.05, 4.69) is 45.5 Å². The van der Waals surface area contributed by atoms with Gasteiger partial charge in [0.2, 0.25) is 0 Å². The first-order valence-electron chi connectivity index (χ1n) is 6.92. The van der Waals surface area contributed by atoms with E-state index in [1.807, 2.05) is 12.3 Å². The molecule has 1 fully saturated rings. The second-order valence-electron chi connectivity index (χ2n) is 5.28. The highest BCUT2D eigenvalue weighted by Crippen LogP contribution is 2.36. The Bertz CT molecular complexity index is 564. The largest absolute Gasteiger partial charge is 0.347 e. The summed E-state index contributed by atoms with van der Waals surface area (Å²) in [5, 5.41) is 3.51. The predicted octanol–water partition coefficient (Wildman–Crippen LogP) is 2.98. The first kappa shape index (κ1) is 16.1. The molecule has 3 heterocycles. The molecule has 1 unspecified atom stereocenters. The van der Waals surface area contributed by atoms with Crippen molar-refractivity contribution in [1.82, 2.24) is 10.3 Å². The van der Waals surface area contributed by atoms with Gasteiger partial charge < -0.3 is 10.2 Å². The summed E-state index contributed by atoms with van der Waals surface area (Å²) in [5.41, 5.74) is 4.24.